The van der Waals surface area contributed by atoms with E-state index in [-0.39, 0.29) is 6.04 Å². The number of nitrogens with zero attached hydrogens (tertiary/aromatic N) is 1. The Balaban J connectivity index is 1.65. The van der Waals surface area contributed by atoms with Gasteiger partial charge in [-0.3, -0.25) is 0 Å². The molecule has 0 spiro atoms. The number of aryl methyl sites for hydroxylation is 1. The molecular formula is C14H16N2O3. The van der Waals surface area contributed by atoms with Gasteiger partial charge in [0.25, 0.3) is 0 Å². The highest BCUT2D eigenvalue weighted by atomic mass is 16.7. The molecular weight excluding hydrogens is 244 g/mol. The number of hydrogen-bond donors (Lipinski definition) is 1. The first kappa shape index (κ1) is 12.0. The molecule has 0 saturated heterocycles. The van der Waals surface area contributed by atoms with Gasteiger partial charge in [0, 0.05) is 12.1 Å². The van der Waals surface area contributed by atoms with Gasteiger partial charge in [-0.25, -0.2) is 0 Å². The zero-order valence-electron chi connectivity index (χ0n) is 11.0. The highest BCUT2D eigenvalue weighted by molar-refractivity contribution is 5.45. The zero-order valence-corrected chi connectivity index (χ0v) is 11.0. The summed E-state index contributed by atoms with van der Waals surface area (Å²) in [6.45, 7) is 4.96. The quantitative estimate of drug-likeness (QED) is 0.915. The minimum absolute atomic E-state index is 0.194. The lowest BCUT2D eigenvalue weighted by Crippen LogP contribution is -2.17. The molecule has 2 heterocycles. The van der Waals surface area contributed by atoms with Gasteiger partial charge in [0.1, 0.15) is 0 Å². The molecule has 19 heavy (non-hydrogen) atoms. The summed E-state index contributed by atoms with van der Waals surface area (Å²) < 4.78 is 15.8. The average molecular weight is 260 g/mol. The lowest BCUT2D eigenvalue weighted by atomic mass is 10.1. The Morgan fingerprint density at radius 1 is 1.26 bits per heavy atom. The molecule has 0 saturated carbocycles. The Kier molecular flexibility index (Phi) is 3.13. The number of rotatable bonds is 4. The van der Waals surface area contributed by atoms with E-state index in [2.05, 4.69) is 17.4 Å². The van der Waals surface area contributed by atoms with Gasteiger partial charge in [-0.1, -0.05) is 11.2 Å². The topological polar surface area (TPSA) is 56.5 Å². The normalized spacial score (nSPS) is 14.6. The molecule has 1 N–H and O–H groups in total. The van der Waals surface area contributed by atoms with Crippen LogP contribution in [0.3, 0.4) is 0 Å². The fourth-order valence-electron chi connectivity index (χ4n) is 2.05. The molecule has 1 aromatic heterocycles. The van der Waals surface area contributed by atoms with Crippen molar-refractivity contribution in [3.63, 3.8) is 0 Å². The fourth-order valence-corrected chi connectivity index (χ4v) is 2.05. The minimum Gasteiger partial charge on any atom is -0.454 e. The Labute approximate surface area is 111 Å². The average Bonchev–Trinajstić information content (AvgIpc) is 3.03. The number of aromatic nitrogens is 1. The van der Waals surface area contributed by atoms with E-state index in [1.54, 1.807) is 0 Å². The van der Waals surface area contributed by atoms with Gasteiger partial charge in [0.05, 0.1) is 12.2 Å². The van der Waals surface area contributed by atoms with E-state index < -0.39 is 0 Å². The first-order chi connectivity index (χ1) is 9.22. The van der Waals surface area contributed by atoms with Gasteiger partial charge in [0.2, 0.25) is 6.79 Å². The molecule has 1 unspecified atom stereocenters. The third-order valence-electron chi connectivity index (χ3n) is 3.16. The monoisotopic (exact) mass is 260 g/mol. The maximum Gasteiger partial charge on any atom is 0.231 e. The molecule has 5 nitrogen and oxygen atoms in total. The minimum atomic E-state index is 0.194. The zero-order chi connectivity index (χ0) is 13.2. The molecule has 1 aliphatic rings. The van der Waals surface area contributed by atoms with Crippen molar-refractivity contribution in [3.8, 4) is 11.5 Å². The molecule has 0 fully saturated rings. The number of nitrogens with one attached hydrogen (secondary N) is 1. The van der Waals surface area contributed by atoms with Crippen LogP contribution >= 0.6 is 0 Å². The summed E-state index contributed by atoms with van der Waals surface area (Å²) in [5, 5.41) is 7.25. The van der Waals surface area contributed by atoms with Crippen molar-refractivity contribution in [1.82, 2.24) is 10.5 Å². The van der Waals surface area contributed by atoms with Gasteiger partial charge in [-0.05, 0) is 31.5 Å². The van der Waals surface area contributed by atoms with E-state index in [0.717, 1.165) is 28.5 Å². The van der Waals surface area contributed by atoms with Crippen LogP contribution < -0.4 is 14.8 Å². The van der Waals surface area contributed by atoms with Crippen molar-refractivity contribution in [2.75, 3.05) is 6.79 Å². The third kappa shape index (κ3) is 2.56. The summed E-state index contributed by atoms with van der Waals surface area (Å²) in [6, 6.07) is 8.11. The lowest BCUT2D eigenvalue weighted by Gasteiger charge is -2.13. The molecule has 100 valence electrons. The maximum absolute atomic E-state index is 5.38. The van der Waals surface area contributed by atoms with Gasteiger partial charge in [0.15, 0.2) is 17.3 Å². The van der Waals surface area contributed by atoms with Gasteiger partial charge >= 0.3 is 0 Å². The molecule has 1 aliphatic heterocycles. The van der Waals surface area contributed by atoms with E-state index in [1.807, 2.05) is 31.2 Å². The van der Waals surface area contributed by atoms with Crippen molar-refractivity contribution in [3.05, 3.63) is 41.3 Å². The first-order valence-corrected chi connectivity index (χ1v) is 6.27. The maximum atomic E-state index is 5.38. The second-order valence-corrected chi connectivity index (χ2v) is 4.65. The Morgan fingerprint density at radius 2 is 2.11 bits per heavy atom. The predicted octanol–water partition coefficient (Wildman–Crippen LogP) is 2.56. The molecule has 5 heteroatoms. The molecule has 1 aromatic carbocycles. The predicted molar refractivity (Wildman–Crippen MR) is 69.1 cm³/mol. The molecule has 0 aliphatic carbocycles. The number of ether oxygens (including phenoxy) is 2. The van der Waals surface area contributed by atoms with Crippen LogP contribution in [-0.4, -0.2) is 11.9 Å². The molecule has 0 radical (unpaired) electrons. The Morgan fingerprint density at radius 3 is 2.89 bits per heavy atom. The van der Waals surface area contributed by atoms with E-state index >= 15 is 0 Å². The molecule has 1 atom stereocenters. The van der Waals surface area contributed by atoms with Crippen molar-refractivity contribution in [2.24, 2.45) is 0 Å². The first-order valence-electron chi connectivity index (χ1n) is 6.27. The van der Waals surface area contributed by atoms with Gasteiger partial charge in [-0.2, -0.15) is 0 Å². The molecule has 0 amide bonds. The second kappa shape index (κ2) is 4.93. The van der Waals surface area contributed by atoms with Crippen molar-refractivity contribution in [2.45, 2.75) is 26.4 Å². The summed E-state index contributed by atoms with van der Waals surface area (Å²) in [7, 11) is 0. The van der Waals surface area contributed by atoms with Crippen LogP contribution in [0.2, 0.25) is 0 Å². The lowest BCUT2D eigenvalue weighted by molar-refractivity contribution is 0.174. The van der Waals surface area contributed by atoms with Crippen LogP contribution in [0.15, 0.2) is 28.8 Å². The second-order valence-electron chi connectivity index (χ2n) is 4.65. The van der Waals surface area contributed by atoms with Gasteiger partial charge in [-0.15, -0.1) is 0 Å². The van der Waals surface area contributed by atoms with E-state index in [1.165, 1.54) is 0 Å². The highest BCUT2D eigenvalue weighted by Crippen LogP contribution is 2.34. The summed E-state index contributed by atoms with van der Waals surface area (Å²) in [4.78, 5) is 0. The van der Waals surface area contributed by atoms with Crippen LogP contribution in [-0.2, 0) is 6.54 Å². The van der Waals surface area contributed by atoms with E-state index in [9.17, 15) is 0 Å². The molecule has 3 rings (SSSR count). The van der Waals surface area contributed by atoms with Crippen LogP contribution in [0.4, 0.5) is 0 Å². The number of fused-ring (bicyclic) bond motifs is 1. The Bertz CT molecular complexity index is 580. The van der Waals surface area contributed by atoms with Crippen molar-refractivity contribution < 1.29 is 14.0 Å². The van der Waals surface area contributed by atoms with Crippen molar-refractivity contribution in [1.29, 1.82) is 0 Å². The largest absolute Gasteiger partial charge is 0.454 e. The summed E-state index contributed by atoms with van der Waals surface area (Å²) in [5.41, 5.74) is 2.05. The molecule has 0 bridgehead atoms. The number of benzene rings is 1. The standard InChI is InChI=1S/C14H16N2O3/c1-9-5-12(19-16-9)7-15-10(2)11-3-4-13-14(6-11)18-8-17-13/h3-6,10,15H,7-8H2,1-2H3. The van der Waals surface area contributed by atoms with Crippen LogP contribution in [0.5, 0.6) is 11.5 Å². The van der Waals surface area contributed by atoms with Crippen molar-refractivity contribution >= 4 is 0 Å². The van der Waals surface area contributed by atoms with Gasteiger partial charge < -0.3 is 19.3 Å². The van der Waals surface area contributed by atoms with Crippen LogP contribution in [0, 0.1) is 6.92 Å². The molecule has 2 aromatic rings. The van der Waals surface area contributed by atoms with E-state index in [0.29, 0.717) is 13.3 Å². The summed E-state index contributed by atoms with van der Waals surface area (Å²) in [5.74, 6) is 2.45. The Hall–Kier alpha value is -2.01. The fraction of sp³-hybridized carbons (Fsp3) is 0.357. The summed E-state index contributed by atoms with van der Waals surface area (Å²) >= 11 is 0. The van der Waals surface area contributed by atoms with Crippen LogP contribution in [0.1, 0.15) is 30.0 Å². The van der Waals surface area contributed by atoms with E-state index in [4.69, 9.17) is 14.0 Å². The summed E-state index contributed by atoms with van der Waals surface area (Å²) in [6.07, 6.45) is 0. The smallest absolute Gasteiger partial charge is 0.231 e. The number of hydrogen-bond acceptors (Lipinski definition) is 5. The highest BCUT2D eigenvalue weighted by Gasteiger charge is 2.15. The third-order valence-corrected chi connectivity index (χ3v) is 3.16. The SMILES string of the molecule is Cc1cc(CNC(C)c2ccc3c(c2)OCO3)on1. The van der Waals surface area contributed by atoms with Crippen LogP contribution in [0.25, 0.3) is 0 Å².